The van der Waals surface area contributed by atoms with Crippen LogP contribution in [0, 0.1) is 0 Å². The quantitative estimate of drug-likeness (QED) is 0.0671. The summed E-state index contributed by atoms with van der Waals surface area (Å²) >= 11 is 16.7. The molecule has 7 rings (SSSR count). The number of carboxylic acids is 1. The first kappa shape index (κ1) is 47.4. The topological polar surface area (TPSA) is 258 Å². The molecular weight excluding hydrogens is 816 g/mol. The molecule has 0 saturated heterocycles. The number of hydrogen-bond acceptors (Lipinski definition) is 19. The van der Waals surface area contributed by atoms with E-state index < -0.39 is 23.9 Å². The summed E-state index contributed by atoms with van der Waals surface area (Å²) < 4.78 is 13.6. The summed E-state index contributed by atoms with van der Waals surface area (Å²) in [5, 5.41) is 20.1. The minimum Gasteiger partial charge on any atom is -0.543 e. The molecular formula is C35H39Cl3LiN11O8. The summed E-state index contributed by atoms with van der Waals surface area (Å²) in [5.41, 5.74) is 0.419. The average molecular weight is 855 g/mol. The van der Waals surface area contributed by atoms with Gasteiger partial charge in [0.05, 0.1) is 33.0 Å². The van der Waals surface area contributed by atoms with E-state index in [0.717, 1.165) is 38.5 Å². The second-order valence-corrected chi connectivity index (χ2v) is 13.5. The summed E-state index contributed by atoms with van der Waals surface area (Å²) in [6.45, 7) is 0. The van der Waals surface area contributed by atoms with Crippen LogP contribution < -0.4 is 39.9 Å². The number of aromatic carboxylic acids is 1. The maximum absolute atomic E-state index is 11.3. The van der Waals surface area contributed by atoms with Gasteiger partial charge in [0, 0.05) is 42.4 Å². The zero-order valence-electron chi connectivity index (χ0n) is 32.0. The smallest absolute Gasteiger partial charge is 0.543 e. The van der Waals surface area contributed by atoms with Gasteiger partial charge in [0.25, 0.3) is 0 Å². The van der Waals surface area contributed by atoms with Crippen LogP contribution >= 0.6 is 34.8 Å². The van der Waals surface area contributed by atoms with Crippen molar-refractivity contribution in [2.75, 3.05) is 37.3 Å². The van der Waals surface area contributed by atoms with Crippen molar-refractivity contribution in [3.63, 3.8) is 0 Å². The zero-order chi connectivity index (χ0) is 41.3. The Hall–Kier alpha value is -4.93. The number of aromatic nitrogens is 8. The summed E-state index contributed by atoms with van der Waals surface area (Å²) in [6, 6.07) is 7.19. The van der Waals surface area contributed by atoms with Gasteiger partial charge in [-0.3, -0.25) is 0 Å². The van der Waals surface area contributed by atoms with Gasteiger partial charge in [-0.2, -0.15) is 0 Å². The monoisotopic (exact) mass is 853 g/mol. The first-order valence-electron chi connectivity index (χ1n) is 17.5. The Morgan fingerprint density at radius 3 is 1.34 bits per heavy atom. The van der Waals surface area contributed by atoms with E-state index in [0.29, 0.717) is 35.6 Å². The first-order chi connectivity index (χ1) is 27.4. The van der Waals surface area contributed by atoms with E-state index in [1.165, 1.54) is 65.4 Å². The molecule has 0 aromatic carbocycles. The molecule has 3 fully saturated rings. The minimum atomic E-state index is -1.27. The fraction of sp³-hybridized carbons (Fsp3) is 0.429. The molecule has 0 atom stereocenters. The summed E-state index contributed by atoms with van der Waals surface area (Å²) in [7, 11) is 3.88. The third-order valence-electron chi connectivity index (χ3n) is 8.46. The van der Waals surface area contributed by atoms with Crippen molar-refractivity contribution in [2.45, 2.75) is 75.9 Å². The number of methoxy groups -OCH3 is 3. The van der Waals surface area contributed by atoms with E-state index in [4.69, 9.17) is 34.8 Å². The van der Waals surface area contributed by atoms with Gasteiger partial charge in [0.2, 0.25) is 10.6 Å². The number of halogens is 3. The zero-order valence-corrected chi connectivity index (χ0v) is 34.3. The number of ether oxygens (including phenoxy) is 3. The molecule has 0 unspecified atom stereocenters. The molecule has 3 aliphatic rings. The van der Waals surface area contributed by atoms with Gasteiger partial charge in [0.15, 0.2) is 17.1 Å². The van der Waals surface area contributed by atoms with Gasteiger partial charge in [0.1, 0.15) is 35.3 Å². The van der Waals surface area contributed by atoms with E-state index in [2.05, 4.69) is 70.0 Å². The van der Waals surface area contributed by atoms with Crippen LogP contribution in [0.25, 0.3) is 0 Å². The van der Waals surface area contributed by atoms with Crippen molar-refractivity contribution in [1.29, 1.82) is 0 Å². The van der Waals surface area contributed by atoms with Crippen molar-refractivity contribution in [3.8, 4) is 0 Å². The normalized spacial score (nSPS) is 14.1. The van der Waals surface area contributed by atoms with Gasteiger partial charge in [-0.1, -0.05) is 11.6 Å². The minimum absolute atomic E-state index is 0. The predicted molar refractivity (Wildman–Crippen MR) is 205 cm³/mol. The second kappa shape index (κ2) is 24.1. The number of carbonyl (C=O) groups is 4. The van der Waals surface area contributed by atoms with Gasteiger partial charge in [-0.15, -0.1) is 0 Å². The van der Waals surface area contributed by atoms with Crippen LogP contribution in [0.3, 0.4) is 0 Å². The Morgan fingerprint density at radius 1 is 0.552 bits per heavy atom. The molecule has 3 N–H and O–H groups in total. The number of anilines is 3. The largest absolute Gasteiger partial charge is 1.00 e. The molecule has 0 amide bonds. The molecule has 58 heavy (non-hydrogen) atoms. The molecule has 19 nitrogen and oxygen atoms in total. The third-order valence-corrected chi connectivity index (χ3v) is 9.00. The Morgan fingerprint density at radius 2 is 0.931 bits per heavy atom. The Labute approximate surface area is 360 Å². The van der Waals surface area contributed by atoms with Gasteiger partial charge < -0.3 is 40.1 Å². The molecule has 0 spiro atoms. The van der Waals surface area contributed by atoms with Crippen molar-refractivity contribution in [1.82, 2.24) is 39.9 Å². The number of rotatable bonds is 10. The molecule has 304 valence electrons. The Bertz CT molecular complexity index is 1990. The molecule has 0 radical (unpaired) electrons. The molecule has 3 aliphatic carbocycles. The van der Waals surface area contributed by atoms with E-state index in [-0.39, 0.29) is 57.4 Å². The van der Waals surface area contributed by atoms with Crippen LogP contribution in [0.4, 0.5) is 17.5 Å². The Kier molecular flexibility index (Phi) is 19.7. The van der Waals surface area contributed by atoms with E-state index in [1.807, 2.05) is 0 Å². The number of nitrogens with one attached hydrogen (secondary N) is 3. The predicted octanol–water partition coefficient (Wildman–Crippen LogP) is 1.49. The molecule has 23 heteroatoms. The third kappa shape index (κ3) is 15.4. The van der Waals surface area contributed by atoms with Crippen LogP contribution in [0.15, 0.2) is 36.9 Å². The van der Waals surface area contributed by atoms with E-state index in [9.17, 15) is 24.3 Å². The molecule has 4 heterocycles. The van der Waals surface area contributed by atoms with Gasteiger partial charge in [-0.25, -0.2) is 54.3 Å². The summed E-state index contributed by atoms with van der Waals surface area (Å²) in [4.78, 5) is 74.2. The SMILES string of the molecule is COC(=O)c1cc(Cl)nc(Cl)n1.COC(=O)c1cc(NC2CCC2)nc(Cl)n1.COC(=O)c1cc(NC2CCC2)ncn1.O=C([O-])c1cc(NC2CCC2)ncn1.[Li+]. The van der Waals surface area contributed by atoms with E-state index >= 15 is 0 Å². The number of hydrogen-bond donors (Lipinski definition) is 3. The maximum atomic E-state index is 11.3. The molecule has 0 aliphatic heterocycles. The van der Waals surface area contributed by atoms with Crippen LogP contribution in [-0.4, -0.2) is 103 Å². The van der Waals surface area contributed by atoms with Crippen molar-refractivity contribution < 1.29 is 57.4 Å². The number of carboxylic acid groups (broad SMARTS) is 1. The summed E-state index contributed by atoms with van der Waals surface area (Å²) in [5.74, 6) is -0.996. The number of esters is 3. The number of nitrogens with zero attached hydrogens (tertiary/aromatic N) is 8. The van der Waals surface area contributed by atoms with Crippen LogP contribution in [0.5, 0.6) is 0 Å². The fourth-order valence-corrected chi connectivity index (χ4v) is 5.38. The number of carbonyl (C=O) groups excluding carboxylic acids is 4. The first-order valence-corrected chi connectivity index (χ1v) is 18.6. The van der Waals surface area contributed by atoms with Gasteiger partial charge in [-0.05, 0) is 81.0 Å². The van der Waals surface area contributed by atoms with Crippen LogP contribution in [0.1, 0.15) is 99.7 Å². The van der Waals surface area contributed by atoms with Crippen LogP contribution in [0.2, 0.25) is 15.7 Å². The molecule has 4 aromatic heterocycles. The Balaban J connectivity index is 0.000000207. The van der Waals surface area contributed by atoms with Crippen LogP contribution in [-0.2, 0) is 14.2 Å². The summed E-state index contributed by atoms with van der Waals surface area (Å²) in [6.07, 6.45) is 13.1. The maximum Gasteiger partial charge on any atom is 1.00 e. The average Bonchev–Trinajstić information content (AvgIpc) is 3.15. The fourth-order valence-electron chi connectivity index (χ4n) is 4.79. The van der Waals surface area contributed by atoms with E-state index in [1.54, 1.807) is 12.1 Å². The molecule has 3 saturated carbocycles. The van der Waals surface area contributed by atoms with Crippen molar-refractivity contribution in [2.24, 2.45) is 0 Å². The van der Waals surface area contributed by atoms with Gasteiger partial charge >= 0.3 is 36.8 Å². The standard InChI is InChI=1S/C10H12ClN3O2.C10H13N3O2.C9H11N3O2.C6H4Cl2N2O2.Li/c1-16-9(15)7-5-8(14-10(11)13-7)12-6-3-2-4-6;1-15-10(14)8-5-9(12-6-11-8)13-7-3-2-4-7;13-9(14)7-4-8(11-5-10-7)12-6-2-1-3-6;1-12-5(11)3-2-4(7)10-6(8)9-3;/h5-6H,2-4H2,1H3,(H,12,13,14);5-7H,2-4H2,1H3,(H,11,12,13);4-6H,1-3H2,(H,13,14)(H,10,11,12);2H,1H3;/q;;;;+1/p-1. The van der Waals surface area contributed by atoms with Crippen molar-refractivity contribution >= 4 is 76.1 Å². The molecule has 0 bridgehead atoms. The van der Waals surface area contributed by atoms with Crippen molar-refractivity contribution in [3.05, 3.63) is 75.4 Å². The second-order valence-electron chi connectivity index (χ2n) is 12.4. The molecule has 4 aromatic rings.